The number of benzene rings is 3. The molecule has 1 amide bonds. The van der Waals surface area contributed by atoms with Gasteiger partial charge >= 0.3 is 6.09 Å². The summed E-state index contributed by atoms with van der Waals surface area (Å²) >= 11 is 1.65. The van der Waals surface area contributed by atoms with Gasteiger partial charge in [0.15, 0.2) is 5.76 Å². The van der Waals surface area contributed by atoms with Gasteiger partial charge in [-0.3, -0.25) is 4.79 Å². The second-order valence-electron chi connectivity index (χ2n) is 14.9. The minimum absolute atomic E-state index is 0.0895. The van der Waals surface area contributed by atoms with E-state index in [0.29, 0.717) is 62.8 Å². The highest BCUT2D eigenvalue weighted by Crippen LogP contribution is 2.59. The van der Waals surface area contributed by atoms with E-state index in [1.165, 1.54) is 11.8 Å². The van der Waals surface area contributed by atoms with Crippen molar-refractivity contribution in [2.45, 2.75) is 82.8 Å². The number of carbonyl (C=O) groups excluding carboxylic acids is 2. The summed E-state index contributed by atoms with van der Waals surface area (Å²) in [5.41, 5.74) is 1.49. The molecule has 2 aromatic heterocycles. The zero-order valence-electron chi connectivity index (χ0n) is 29.9. The lowest BCUT2D eigenvalue weighted by Crippen LogP contribution is -2.54. The molecule has 52 heavy (non-hydrogen) atoms. The van der Waals surface area contributed by atoms with E-state index in [0.717, 1.165) is 33.2 Å². The molecule has 0 saturated heterocycles. The predicted molar refractivity (Wildman–Crippen MR) is 205 cm³/mol. The van der Waals surface area contributed by atoms with E-state index in [1.54, 1.807) is 28.4 Å². The van der Waals surface area contributed by atoms with Gasteiger partial charge in [-0.2, -0.15) is 0 Å². The van der Waals surface area contributed by atoms with Crippen molar-refractivity contribution in [3.63, 3.8) is 0 Å². The van der Waals surface area contributed by atoms with E-state index in [4.69, 9.17) is 9.15 Å². The summed E-state index contributed by atoms with van der Waals surface area (Å²) in [7, 11) is 0. The molecule has 4 unspecified atom stereocenters. The molecule has 3 aliphatic rings. The minimum atomic E-state index is -1.28. The molecule has 3 aliphatic carbocycles. The number of rotatable bonds is 8. The minimum Gasteiger partial charge on any atom is -0.461 e. The number of carbonyl (C=O) groups is 2. The first kappa shape index (κ1) is 35.9. The molecule has 0 spiro atoms. The monoisotopic (exact) mass is 717 g/mol. The van der Waals surface area contributed by atoms with Crippen LogP contribution < -0.4 is 4.74 Å². The zero-order valence-corrected chi connectivity index (χ0v) is 30.7. The molecule has 1 saturated carbocycles. The summed E-state index contributed by atoms with van der Waals surface area (Å²) < 4.78 is 11.6. The Kier molecular flexibility index (Phi) is 10.5. The molecular formula is C44H47NO6S. The van der Waals surface area contributed by atoms with Crippen LogP contribution in [0.2, 0.25) is 0 Å². The molecule has 0 aliphatic heterocycles. The first-order valence-corrected chi connectivity index (χ1v) is 19.2. The highest BCUT2D eigenvalue weighted by atomic mass is 32.1. The Bertz CT molecular complexity index is 2050. The summed E-state index contributed by atoms with van der Waals surface area (Å²) in [5.74, 6) is 0.313. The summed E-state index contributed by atoms with van der Waals surface area (Å²) in [6.07, 6.45) is 7.59. The number of allylic oxidation sites excluding steroid dienone is 2. The van der Waals surface area contributed by atoms with Gasteiger partial charge in [-0.25, -0.2) is 4.79 Å². The number of fused-ring (bicyclic) bond motifs is 9. The van der Waals surface area contributed by atoms with E-state index in [9.17, 15) is 19.8 Å². The number of ether oxygens (including phenoxy) is 1. The average Bonchev–Trinajstić information content (AvgIpc) is 3.92. The maximum atomic E-state index is 14.1. The van der Waals surface area contributed by atoms with Gasteiger partial charge in [0, 0.05) is 22.4 Å². The molecule has 2 bridgehead atoms. The van der Waals surface area contributed by atoms with Crippen molar-refractivity contribution in [1.29, 1.82) is 0 Å². The third kappa shape index (κ3) is 7.51. The molecule has 5 aromatic rings. The van der Waals surface area contributed by atoms with Crippen molar-refractivity contribution in [3.8, 4) is 5.75 Å². The Hall–Kier alpha value is -4.50. The van der Waals surface area contributed by atoms with Crippen molar-refractivity contribution in [3.05, 3.63) is 136 Å². The number of aliphatic hydroxyl groups excluding tert-OH is 1. The largest absolute Gasteiger partial charge is 0.461 e. The quantitative estimate of drug-likeness (QED) is 0.123. The number of ketones is 1. The van der Waals surface area contributed by atoms with E-state index in [-0.39, 0.29) is 24.0 Å². The van der Waals surface area contributed by atoms with Crippen LogP contribution in [0.5, 0.6) is 5.75 Å². The van der Waals surface area contributed by atoms with Gasteiger partial charge < -0.3 is 24.3 Å². The van der Waals surface area contributed by atoms with Crippen LogP contribution >= 0.6 is 11.3 Å². The van der Waals surface area contributed by atoms with Crippen LogP contribution in [0.4, 0.5) is 4.79 Å². The highest BCUT2D eigenvalue weighted by Gasteiger charge is 2.57. The zero-order chi connectivity index (χ0) is 36.3. The number of thiophene rings is 1. The van der Waals surface area contributed by atoms with Crippen LogP contribution in [0.15, 0.2) is 113 Å². The van der Waals surface area contributed by atoms with Gasteiger partial charge in [0.1, 0.15) is 5.75 Å². The van der Waals surface area contributed by atoms with Crippen LogP contribution in [0.25, 0.3) is 10.8 Å². The number of hydrogen-bond acceptors (Lipinski definition) is 7. The van der Waals surface area contributed by atoms with Crippen LogP contribution in [0, 0.1) is 5.41 Å². The van der Waals surface area contributed by atoms with Gasteiger partial charge in [0.2, 0.25) is 5.78 Å². The van der Waals surface area contributed by atoms with Gasteiger partial charge in [-0.1, -0.05) is 67.1 Å². The maximum absolute atomic E-state index is 14.1. The first-order chi connectivity index (χ1) is 25.1. The van der Waals surface area contributed by atoms with Crippen LogP contribution in [-0.4, -0.2) is 51.8 Å². The number of amides is 1. The normalized spacial score (nSPS) is 23.5. The van der Waals surface area contributed by atoms with Crippen LogP contribution in [0.3, 0.4) is 0 Å². The van der Waals surface area contributed by atoms with E-state index < -0.39 is 23.2 Å². The van der Waals surface area contributed by atoms with Gasteiger partial charge in [0.25, 0.3) is 0 Å². The third-order valence-electron chi connectivity index (χ3n) is 11.5. The van der Waals surface area contributed by atoms with E-state index in [1.807, 2.05) is 72.1 Å². The lowest BCUT2D eigenvalue weighted by molar-refractivity contribution is -0.0789. The standard InChI is InChI=1S/C44H47NO6S/c1-30-8-5-21-43(2)39(37-18-14-31(26-34(46)16-13-30)27-38(37)41(47)40-12-6-24-50-40)19-22-44(43,49)29-45(23-20-36-11-7-25-52-36)42(48)51-35-17-15-32-9-3-4-10-33(32)28-35/h3-4,6-12,14-15,17-18,24-25,27-28,34,39,46,49H,5,13,16,19-23,26,29H2,1-2H3. The molecule has 4 atom stereocenters. The average molecular weight is 718 g/mol. The molecule has 8 heteroatoms. The van der Waals surface area contributed by atoms with Crippen LogP contribution in [0.1, 0.15) is 90.4 Å². The molecule has 7 nitrogen and oxygen atoms in total. The number of hydrogen-bond donors (Lipinski definition) is 2. The van der Waals surface area contributed by atoms with Crippen molar-refractivity contribution >= 4 is 34.0 Å². The topological polar surface area (TPSA) is 100 Å². The fraction of sp³-hybridized carbons (Fsp3) is 0.364. The number of nitrogens with zero attached hydrogens (tertiary/aromatic N) is 1. The molecule has 2 heterocycles. The van der Waals surface area contributed by atoms with Crippen molar-refractivity contribution in [1.82, 2.24) is 4.90 Å². The summed E-state index contributed by atoms with van der Waals surface area (Å²) in [6, 6.07) is 27.0. The number of aliphatic hydroxyl groups is 2. The maximum Gasteiger partial charge on any atom is 0.415 e. The molecule has 8 rings (SSSR count). The lowest BCUT2D eigenvalue weighted by Gasteiger charge is -2.46. The SMILES string of the molecule is CC1=CCCC2(C)C(CCC2(O)CN(CCc2cccs2)C(=O)Oc2ccc3ccccc3c2)c2ccc(cc2C(=O)c2ccco2)CC(O)CC1. The fourth-order valence-electron chi connectivity index (χ4n) is 8.38. The first-order valence-electron chi connectivity index (χ1n) is 18.4. The number of furan rings is 1. The Labute approximate surface area is 309 Å². The van der Waals surface area contributed by atoms with Crippen molar-refractivity contribution in [2.24, 2.45) is 5.41 Å². The molecular weight excluding hydrogens is 671 g/mol. The fourth-order valence-corrected chi connectivity index (χ4v) is 9.08. The molecule has 3 aromatic carbocycles. The summed E-state index contributed by atoms with van der Waals surface area (Å²) in [4.78, 5) is 31.0. The summed E-state index contributed by atoms with van der Waals surface area (Å²) in [5, 5.41) is 28.0. The smallest absolute Gasteiger partial charge is 0.415 e. The van der Waals surface area contributed by atoms with Gasteiger partial charge in [-0.05, 0) is 128 Å². The second kappa shape index (κ2) is 15.2. The molecule has 0 radical (unpaired) electrons. The van der Waals surface area contributed by atoms with Gasteiger partial charge in [-0.15, -0.1) is 11.3 Å². The van der Waals surface area contributed by atoms with E-state index >= 15 is 0 Å². The second-order valence-corrected chi connectivity index (χ2v) is 15.9. The summed E-state index contributed by atoms with van der Waals surface area (Å²) in [6.45, 7) is 4.70. The van der Waals surface area contributed by atoms with Crippen LogP contribution in [-0.2, 0) is 12.8 Å². The van der Waals surface area contributed by atoms with Crippen molar-refractivity contribution in [2.75, 3.05) is 13.1 Å². The molecule has 270 valence electrons. The van der Waals surface area contributed by atoms with Gasteiger partial charge in [0.05, 0.1) is 24.5 Å². The molecule has 1 fully saturated rings. The third-order valence-corrected chi connectivity index (χ3v) is 12.4. The molecule has 2 N–H and O–H groups in total. The highest BCUT2D eigenvalue weighted by molar-refractivity contribution is 7.09. The Morgan fingerprint density at radius 2 is 1.83 bits per heavy atom. The Morgan fingerprint density at radius 1 is 0.981 bits per heavy atom. The van der Waals surface area contributed by atoms with E-state index in [2.05, 4.69) is 26.0 Å². The Balaban J connectivity index is 1.25. The predicted octanol–water partition coefficient (Wildman–Crippen LogP) is 9.51. The Morgan fingerprint density at radius 3 is 2.62 bits per heavy atom. The van der Waals surface area contributed by atoms with Crippen molar-refractivity contribution < 1.29 is 29.0 Å². The lowest BCUT2D eigenvalue weighted by atomic mass is 9.64.